The van der Waals surface area contributed by atoms with E-state index in [2.05, 4.69) is 5.32 Å². The van der Waals surface area contributed by atoms with Crippen LogP contribution < -0.4 is 5.32 Å². The maximum absolute atomic E-state index is 11.2. The molecular weight excluding hydrogens is 202 g/mol. The minimum absolute atomic E-state index is 0.309. The Morgan fingerprint density at radius 1 is 1.38 bits per heavy atom. The second-order valence-corrected chi connectivity index (χ2v) is 3.90. The largest absolute Gasteiger partial charge is 0.444 e. The van der Waals surface area contributed by atoms with E-state index in [1.807, 2.05) is 36.4 Å². The van der Waals surface area contributed by atoms with Crippen molar-refractivity contribution in [2.75, 3.05) is 0 Å². The van der Waals surface area contributed by atoms with Gasteiger partial charge in [0.1, 0.15) is 6.61 Å². The minimum atomic E-state index is -0.402. The molecule has 16 heavy (non-hydrogen) atoms. The molecule has 3 heteroatoms. The van der Waals surface area contributed by atoms with E-state index in [0.29, 0.717) is 12.5 Å². The van der Waals surface area contributed by atoms with E-state index in [-0.39, 0.29) is 0 Å². The molecule has 3 nitrogen and oxygen atoms in total. The molecule has 0 atom stereocenters. The van der Waals surface area contributed by atoms with Gasteiger partial charge in [0.05, 0.1) is 0 Å². The first-order valence-electron chi connectivity index (χ1n) is 5.48. The summed E-state index contributed by atoms with van der Waals surface area (Å²) < 4.78 is 5.03. The third-order valence-corrected chi connectivity index (χ3v) is 2.40. The van der Waals surface area contributed by atoms with Crippen molar-refractivity contribution >= 4 is 6.09 Å². The number of allylic oxidation sites excluding steroid dienone is 1. The van der Waals surface area contributed by atoms with Crippen molar-refractivity contribution in [1.29, 1.82) is 0 Å². The smallest absolute Gasteiger partial charge is 0.411 e. The fraction of sp³-hybridized carbons (Fsp3) is 0.308. The summed E-state index contributed by atoms with van der Waals surface area (Å²) in [4.78, 5) is 11.2. The van der Waals surface area contributed by atoms with E-state index in [4.69, 9.17) is 4.74 Å². The molecule has 1 aromatic rings. The van der Waals surface area contributed by atoms with Gasteiger partial charge in [0.25, 0.3) is 0 Å². The lowest BCUT2D eigenvalue weighted by Gasteiger charge is -2.03. The lowest BCUT2D eigenvalue weighted by Crippen LogP contribution is -2.18. The molecule has 1 aliphatic carbocycles. The maximum Gasteiger partial charge on any atom is 0.411 e. The highest BCUT2D eigenvalue weighted by atomic mass is 16.5. The SMILES string of the molecule is O=C(N/C=C/C1CC1)OCc1ccccc1. The molecular formula is C13H15NO2. The van der Waals surface area contributed by atoms with Crippen LogP contribution in [0.15, 0.2) is 42.6 Å². The highest BCUT2D eigenvalue weighted by Gasteiger charge is 2.17. The molecule has 84 valence electrons. The van der Waals surface area contributed by atoms with Crippen LogP contribution in [0.3, 0.4) is 0 Å². The number of benzene rings is 1. The molecule has 1 amide bonds. The van der Waals surface area contributed by atoms with Crippen molar-refractivity contribution in [3.05, 3.63) is 48.2 Å². The van der Waals surface area contributed by atoms with Gasteiger partial charge in [-0.05, 0) is 24.3 Å². The zero-order valence-electron chi connectivity index (χ0n) is 9.06. The Morgan fingerprint density at radius 2 is 2.12 bits per heavy atom. The van der Waals surface area contributed by atoms with Gasteiger partial charge in [0.15, 0.2) is 0 Å². The number of carbonyl (C=O) groups excluding carboxylic acids is 1. The summed E-state index contributed by atoms with van der Waals surface area (Å²) in [6.07, 6.45) is 5.74. The lowest BCUT2D eigenvalue weighted by atomic mass is 10.2. The molecule has 1 N–H and O–H groups in total. The van der Waals surface area contributed by atoms with E-state index in [9.17, 15) is 4.79 Å². The van der Waals surface area contributed by atoms with E-state index in [0.717, 1.165) is 5.56 Å². The summed E-state index contributed by atoms with van der Waals surface area (Å²) in [5.41, 5.74) is 0.990. The molecule has 0 saturated heterocycles. The Balaban J connectivity index is 1.67. The molecule has 1 aromatic carbocycles. The predicted molar refractivity (Wildman–Crippen MR) is 61.6 cm³/mol. The highest BCUT2D eigenvalue weighted by molar-refractivity contribution is 5.68. The lowest BCUT2D eigenvalue weighted by molar-refractivity contribution is 0.143. The first-order chi connectivity index (χ1) is 7.84. The predicted octanol–water partition coefficient (Wildman–Crippen LogP) is 2.84. The van der Waals surface area contributed by atoms with Crippen LogP contribution in [0.1, 0.15) is 18.4 Å². The third-order valence-electron chi connectivity index (χ3n) is 2.40. The summed E-state index contributed by atoms with van der Waals surface area (Å²) >= 11 is 0. The molecule has 0 spiro atoms. The van der Waals surface area contributed by atoms with E-state index in [1.165, 1.54) is 12.8 Å². The summed E-state index contributed by atoms with van der Waals surface area (Å²) in [5.74, 6) is 0.662. The Bertz CT molecular complexity index is 369. The molecule has 0 heterocycles. The number of nitrogens with one attached hydrogen (secondary N) is 1. The highest BCUT2D eigenvalue weighted by Crippen LogP contribution is 2.29. The number of hydrogen-bond donors (Lipinski definition) is 1. The van der Waals surface area contributed by atoms with Crippen LogP contribution >= 0.6 is 0 Å². The van der Waals surface area contributed by atoms with Crippen molar-refractivity contribution in [3.8, 4) is 0 Å². The van der Waals surface area contributed by atoms with Crippen LogP contribution in [0.25, 0.3) is 0 Å². The van der Waals surface area contributed by atoms with Gasteiger partial charge in [-0.3, -0.25) is 5.32 Å². The molecule has 0 unspecified atom stereocenters. The van der Waals surface area contributed by atoms with Crippen molar-refractivity contribution in [2.45, 2.75) is 19.4 Å². The number of hydrogen-bond acceptors (Lipinski definition) is 2. The quantitative estimate of drug-likeness (QED) is 0.842. The second-order valence-electron chi connectivity index (χ2n) is 3.90. The first-order valence-corrected chi connectivity index (χ1v) is 5.48. The van der Waals surface area contributed by atoms with Crippen molar-refractivity contribution in [3.63, 3.8) is 0 Å². The maximum atomic E-state index is 11.2. The van der Waals surface area contributed by atoms with Crippen molar-refractivity contribution < 1.29 is 9.53 Å². The van der Waals surface area contributed by atoms with E-state index in [1.54, 1.807) is 6.20 Å². The first kappa shape index (κ1) is 10.7. The molecule has 1 fully saturated rings. The number of carbonyl (C=O) groups is 1. The molecule has 0 aromatic heterocycles. The summed E-state index contributed by atoms with van der Waals surface area (Å²) in [5, 5.41) is 2.58. The average molecular weight is 217 g/mol. The van der Waals surface area contributed by atoms with Gasteiger partial charge in [0, 0.05) is 6.20 Å². The normalized spacial score (nSPS) is 15.0. The Morgan fingerprint density at radius 3 is 2.81 bits per heavy atom. The molecule has 2 rings (SSSR count). The number of rotatable bonds is 4. The van der Waals surface area contributed by atoms with E-state index >= 15 is 0 Å². The second kappa shape index (κ2) is 5.35. The topological polar surface area (TPSA) is 38.3 Å². The van der Waals surface area contributed by atoms with Gasteiger partial charge in [-0.25, -0.2) is 4.79 Å². The van der Waals surface area contributed by atoms with Gasteiger partial charge < -0.3 is 4.74 Å². The van der Waals surface area contributed by atoms with Crippen LogP contribution in [0.2, 0.25) is 0 Å². The van der Waals surface area contributed by atoms with Crippen LogP contribution in [0, 0.1) is 5.92 Å². The molecule has 0 bridgehead atoms. The fourth-order valence-electron chi connectivity index (χ4n) is 1.31. The summed E-state index contributed by atoms with van der Waals surface area (Å²) in [6.45, 7) is 0.309. The zero-order valence-corrected chi connectivity index (χ0v) is 9.06. The monoisotopic (exact) mass is 217 g/mol. The molecule has 1 saturated carbocycles. The van der Waals surface area contributed by atoms with Gasteiger partial charge in [-0.2, -0.15) is 0 Å². The molecule has 1 aliphatic rings. The van der Waals surface area contributed by atoms with Crippen LogP contribution in [-0.4, -0.2) is 6.09 Å². The van der Waals surface area contributed by atoms with Crippen LogP contribution in [-0.2, 0) is 11.3 Å². The van der Waals surface area contributed by atoms with E-state index < -0.39 is 6.09 Å². The number of alkyl carbamates (subject to hydrolysis) is 1. The fourth-order valence-corrected chi connectivity index (χ4v) is 1.31. The minimum Gasteiger partial charge on any atom is -0.444 e. The number of ether oxygens (including phenoxy) is 1. The van der Waals surface area contributed by atoms with Crippen LogP contribution in [0.4, 0.5) is 4.79 Å². The molecule has 0 aliphatic heterocycles. The van der Waals surface area contributed by atoms with Gasteiger partial charge in [0.2, 0.25) is 0 Å². The van der Waals surface area contributed by atoms with Gasteiger partial charge >= 0.3 is 6.09 Å². The van der Waals surface area contributed by atoms with Gasteiger partial charge in [-0.15, -0.1) is 0 Å². The standard InChI is InChI=1S/C13H15NO2/c15-13(14-9-8-11-6-7-11)16-10-12-4-2-1-3-5-12/h1-5,8-9,11H,6-7,10H2,(H,14,15)/b9-8+. The summed E-state index contributed by atoms with van der Waals surface area (Å²) in [7, 11) is 0. The Labute approximate surface area is 95.1 Å². The van der Waals surface area contributed by atoms with Crippen molar-refractivity contribution in [2.24, 2.45) is 5.92 Å². The Kier molecular flexibility index (Phi) is 3.59. The zero-order chi connectivity index (χ0) is 11.2. The van der Waals surface area contributed by atoms with Crippen molar-refractivity contribution in [1.82, 2.24) is 5.32 Å². The average Bonchev–Trinajstić information content (AvgIpc) is 3.12. The number of amides is 1. The van der Waals surface area contributed by atoms with Gasteiger partial charge in [-0.1, -0.05) is 36.4 Å². The molecule has 0 radical (unpaired) electrons. The van der Waals surface area contributed by atoms with Crippen LogP contribution in [0.5, 0.6) is 0 Å². The Hall–Kier alpha value is -1.77. The third kappa shape index (κ3) is 3.77. The summed E-state index contributed by atoms with van der Waals surface area (Å²) in [6, 6.07) is 9.62.